The second-order valence-corrected chi connectivity index (χ2v) is 14.5. The van der Waals surface area contributed by atoms with Crippen LogP contribution in [0.25, 0.3) is 0 Å². The van der Waals surface area contributed by atoms with Crippen molar-refractivity contribution in [3.8, 4) is 0 Å². The van der Waals surface area contributed by atoms with Gasteiger partial charge in [-0.25, -0.2) is 0 Å². The molecular weight excluding hydrogens is 520 g/mol. The van der Waals surface area contributed by atoms with E-state index < -0.39 is 0 Å². The summed E-state index contributed by atoms with van der Waals surface area (Å²) in [5, 5.41) is 0. The van der Waals surface area contributed by atoms with Crippen LogP contribution in [0.3, 0.4) is 0 Å². The normalized spacial score (nSPS) is 28.0. The minimum atomic E-state index is 0.209. The SMILES string of the molecule is C1CCCCC(COCC2CO2)(COCC2CO2)CCCC1.C1CCCCCCCCC1.C1CCCCCCCCC1. The van der Waals surface area contributed by atoms with E-state index in [0.29, 0.717) is 12.2 Å². The predicted octanol–water partition coefficient (Wildman–Crippen LogP) is 11.1. The topological polar surface area (TPSA) is 43.5 Å². The minimum Gasteiger partial charge on any atom is -0.378 e. The molecule has 5 fully saturated rings. The van der Waals surface area contributed by atoms with Crippen molar-refractivity contribution in [2.24, 2.45) is 5.41 Å². The van der Waals surface area contributed by atoms with E-state index in [0.717, 1.165) is 39.6 Å². The third kappa shape index (κ3) is 20.7. The zero-order chi connectivity index (χ0) is 29.2. The standard InChI is InChI=1S/C18H32O4.2C10H20/c1-2-4-6-8-18(9-7-5-3-1,14-19-10-16-12-21-16)15-20-11-17-13-22-17;2*1-2-4-6-8-10-9-7-5-3-1/h16-17H,1-15H2;2*1-10H2. The first-order chi connectivity index (χ1) is 20.9. The highest BCUT2D eigenvalue weighted by atomic mass is 16.6. The zero-order valence-corrected chi connectivity index (χ0v) is 28.0. The van der Waals surface area contributed by atoms with Gasteiger partial charge in [-0.05, 0) is 12.8 Å². The minimum absolute atomic E-state index is 0.209. The van der Waals surface area contributed by atoms with E-state index >= 15 is 0 Å². The Balaban J connectivity index is 0.000000201. The highest BCUT2D eigenvalue weighted by molar-refractivity contribution is 4.82. The quantitative estimate of drug-likeness (QED) is 0.263. The second-order valence-electron chi connectivity index (χ2n) is 14.5. The van der Waals surface area contributed by atoms with Crippen LogP contribution < -0.4 is 0 Å². The Labute approximate surface area is 262 Å². The molecule has 0 aromatic rings. The Morgan fingerprint density at radius 3 is 0.786 bits per heavy atom. The predicted molar refractivity (Wildman–Crippen MR) is 177 cm³/mol. The van der Waals surface area contributed by atoms with E-state index in [1.54, 1.807) is 0 Å². The average molecular weight is 593 g/mol. The molecule has 2 atom stereocenters. The summed E-state index contributed by atoms with van der Waals surface area (Å²) in [5.74, 6) is 0. The van der Waals surface area contributed by atoms with Crippen LogP contribution in [0.15, 0.2) is 0 Å². The molecule has 0 N–H and O–H groups in total. The van der Waals surface area contributed by atoms with Gasteiger partial charge >= 0.3 is 0 Å². The molecule has 0 aromatic heterocycles. The fourth-order valence-corrected chi connectivity index (χ4v) is 7.02. The Kier molecular flexibility index (Phi) is 21.7. The van der Waals surface area contributed by atoms with E-state index in [1.807, 2.05) is 0 Å². The van der Waals surface area contributed by atoms with Crippen molar-refractivity contribution in [2.45, 2.75) is 198 Å². The van der Waals surface area contributed by atoms with Crippen molar-refractivity contribution in [1.82, 2.24) is 0 Å². The van der Waals surface area contributed by atoms with Crippen LogP contribution in [-0.4, -0.2) is 51.8 Å². The third-order valence-electron chi connectivity index (χ3n) is 10.1. The maximum absolute atomic E-state index is 6.01. The molecule has 5 rings (SSSR count). The molecule has 5 aliphatic rings. The molecule has 2 saturated heterocycles. The van der Waals surface area contributed by atoms with Gasteiger partial charge in [-0.1, -0.05) is 173 Å². The van der Waals surface area contributed by atoms with Crippen LogP contribution in [0.4, 0.5) is 0 Å². The van der Waals surface area contributed by atoms with Gasteiger partial charge in [0, 0.05) is 5.41 Å². The van der Waals surface area contributed by atoms with Gasteiger partial charge in [-0.15, -0.1) is 0 Å². The van der Waals surface area contributed by atoms with Gasteiger partial charge in [0.1, 0.15) is 12.2 Å². The highest BCUT2D eigenvalue weighted by Crippen LogP contribution is 2.35. The van der Waals surface area contributed by atoms with Crippen molar-refractivity contribution < 1.29 is 18.9 Å². The van der Waals surface area contributed by atoms with Crippen molar-refractivity contribution in [3.05, 3.63) is 0 Å². The molecule has 3 saturated carbocycles. The summed E-state index contributed by atoms with van der Waals surface area (Å²) in [5.41, 5.74) is 0.209. The summed E-state index contributed by atoms with van der Waals surface area (Å²) >= 11 is 0. The van der Waals surface area contributed by atoms with Crippen LogP contribution in [0.5, 0.6) is 0 Å². The van der Waals surface area contributed by atoms with Crippen LogP contribution in [0, 0.1) is 5.41 Å². The molecule has 248 valence electrons. The molecule has 42 heavy (non-hydrogen) atoms. The number of epoxide rings is 2. The van der Waals surface area contributed by atoms with E-state index in [4.69, 9.17) is 18.9 Å². The fraction of sp³-hybridized carbons (Fsp3) is 1.00. The summed E-state index contributed by atoms with van der Waals surface area (Å²) in [4.78, 5) is 0. The maximum atomic E-state index is 6.01. The lowest BCUT2D eigenvalue weighted by molar-refractivity contribution is -0.0404. The van der Waals surface area contributed by atoms with Crippen LogP contribution in [-0.2, 0) is 18.9 Å². The summed E-state index contributed by atoms with van der Waals surface area (Å²) < 4.78 is 22.5. The van der Waals surface area contributed by atoms with Crippen molar-refractivity contribution in [3.63, 3.8) is 0 Å². The molecule has 0 aromatic carbocycles. The van der Waals surface area contributed by atoms with Crippen molar-refractivity contribution in [2.75, 3.05) is 39.6 Å². The highest BCUT2D eigenvalue weighted by Gasteiger charge is 2.33. The Hall–Kier alpha value is -0.160. The summed E-state index contributed by atoms with van der Waals surface area (Å²) in [7, 11) is 0. The van der Waals surface area contributed by atoms with E-state index in [2.05, 4.69) is 0 Å². The van der Waals surface area contributed by atoms with Gasteiger partial charge in [-0.3, -0.25) is 0 Å². The van der Waals surface area contributed by atoms with Crippen molar-refractivity contribution in [1.29, 1.82) is 0 Å². The molecule has 2 aliphatic heterocycles. The zero-order valence-electron chi connectivity index (χ0n) is 28.0. The molecular formula is C38H72O4. The molecule has 0 amide bonds. The van der Waals surface area contributed by atoms with Crippen LogP contribution in [0.2, 0.25) is 0 Å². The first kappa shape index (κ1) is 36.3. The molecule has 2 heterocycles. The average Bonchev–Trinajstić information content (AvgIpc) is 3.96. The van der Waals surface area contributed by atoms with Crippen molar-refractivity contribution >= 4 is 0 Å². The second kappa shape index (κ2) is 25.1. The van der Waals surface area contributed by atoms with Gasteiger partial charge < -0.3 is 18.9 Å². The molecule has 4 nitrogen and oxygen atoms in total. The molecule has 3 aliphatic carbocycles. The van der Waals surface area contributed by atoms with E-state index in [9.17, 15) is 0 Å². The molecule has 0 radical (unpaired) electrons. The summed E-state index contributed by atoms with van der Waals surface area (Å²) in [6, 6.07) is 0. The van der Waals surface area contributed by atoms with Gasteiger partial charge in [0.2, 0.25) is 0 Å². The molecule has 2 unspecified atom stereocenters. The van der Waals surface area contributed by atoms with Gasteiger partial charge in [-0.2, -0.15) is 0 Å². The molecule has 4 heteroatoms. The Bertz CT molecular complexity index is 471. The van der Waals surface area contributed by atoms with E-state index in [1.165, 1.54) is 186 Å². The molecule has 0 spiro atoms. The van der Waals surface area contributed by atoms with Crippen LogP contribution >= 0.6 is 0 Å². The van der Waals surface area contributed by atoms with Gasteiger partial charge in [0.05, 0.1) is 39.6 Å². The fourth-order valence-electron chi connectivity index (χ4n) is 7.02. The smallest absolute Gasteiger partial charge is 0.104 e. The number of rotatable bonds is 8. The van der Waals surface area contributed by atoms with Crippen LogP contribution in [0.1, 0.15) is 186 Å². The van der Waals surface area contributed by atoms with Gasteiger partial charge in [0.15, 0.2) is 0 Å². The first-order valence-corrected chi connectivity index (χ1v) is 19.3. The maximum Gasteiger partial charge on any atom is 0.104 e. The first-order valence-electron chi connectivity index (χ1n) is 19.3. The lowest BCUT2D eigenvalue weighted by Gasteiger charge is -2.34. The number of hydrogen-bond donors (Lipinski definition) is 0. The number of hydrogen-bond acceptors (Lipinski definition) is 4. The lowest BCUT2D eigenvalue weighted by Crippen LogP contribution is -2.34. The Morgan fingerprint density at radius 2 is 0.571 bits per heavy atom. The lowest BCUT2D eigenvalue weighted by atomic mass is 9.78. The molecule has 0 bridgehead atoms. The summed E-state index contributed by atoms with van der Waals surface area (Å²) in [6.45, 7) is 4.93. The third-order valence-corrected chi connectivity index (χ3v) is 10.1. The number of ether oxygens (including phenoxy) is 4. The van der Waals surface area contributed by atoms with E-state index in [-0.39, 0.29) is 5.41 Å². The Morgan fingerprint density at radius 1 is 0.357 bits per heavy atom. The summed E-state index contributed by atoms with van der Waals surface area (Å²) in [6.07, 6.45) is 42.7. The van der Waals surface area contributed by atoms with Gasteiger partial charge in [0.25, 0.3) is 0 Å². The largest absolute Gasteiger partial charge is 0.378 e. The monoisotopic (exact) mass is 593 g/mol.